The lowest BCUT2D eigenvalue weighted by molar-refractivity contribution is 0.794. The molecule has 0 aliphatic heterocycles. The zero-order valence-corrected chi connectivity index (χ0v) is 36.9. The summed E-state index contributed by atoms with van der Waals surface area (Å²) in [6.45, 7) is 0. The molecule has 14 rings (SSSR count). The van der Waals surface area contributed by atoms with Crippen LogP contribution in [0.2, 0.25) is 0 Å². The van der Waals surface area contributed by atoms with E-state index in [-0.39, 0.29) is 0 Å². The van der Waals surface area contributed by atoms with Gasteiger partial charge in [-0.1, -0.05) is 152 Å². The van der Waals surface area contributed by atoms with Gasteiger partial charge in [-0.25, -0.2) is 19.9 Å². The van der Waals surface area contributed by atoms with E-state index in [0.29, 0.717) is 28.9 Å². The Kier molecular flexibility index (Phi) is 8.63. The molecule has 0 atom stereocenters. The average Bonchev–Trinajstić information content (AvgIpc) is 3.91. The highest BCUT2D eigenvalue weighted by atomic mass is 15.1. The minimum absolute atomic E-state index is 0.441. The van der Waals surface area contributed by atoms with Gasteiger partial charge in [-0.15, -0.1) is 0 Å². The van der Waals surface area contributed by atoms with Crippen LogP contribution in [0.25, 0.3) is 112 Å². The molecule has 0 unspecified atom stereocenters. The number of benzene rings is 6. The number of pyridine rings is 5. The molecule has 0 saturated heterocycles. The van der Waals surface area contributed by atoms with Crippen LogP contribution in [0.1, 0.15) is 22.3 Å². The minimum Gasteiger partial charge on any atom is -0.264 e. The Balaban J connectivity index is 0.914. The van der Waals surface area contributed by atoms with Crippen molar-refractivity contribution in [1.29, 1.82) is 0 Å². The number of rotatable bonds is 6. The summed E-state index contributed by atoms with van der Waals surface area (Å²) in [7, 11) is 0. The van der Waals surface area contributed by atoms with Crippen molar-refractivity contribution in [2.75, 3.05) is 0 Å². The molecule has 0 saturated carbocycles. The smallest absolute Gasteiger partial charge is 0.182 e. The number of para-hydroxylation sites is 1. The van der Waals surface area contributed by atoms with Crippen LogP contribution in [0, 0.1) is 0 Å². The third-order valence-corrected chi connectivity index (χ3v) is 13.8. The highest BCUT2D eigenvalue weighted by molar-refractivity contribution is 6.20. The molecule has 6 aromatic carbocycles. The lowest BCUT2D eigenvalue weighted by Crippen LogP contribution is -2.25. The molecular formula is C61H36N8. The van der Waals surface area contributed by atoms with Gasteiger partial charge >= 0.3 is 0 Å². The molecule has 2 aliphatic carbocycles. The lowest BCUT2D eigenvalue weighted by Gasteiger charge is -2.30. The zero-order valence-electron chi connectivity index (χ0n) is 36.9. The summed E-state index contributed by atoms with van der Waals surface area (Å²) >= 11 is 0. The van der Waals surface area contributed by atoms with Crippen LogP contribution in [0.4, 0.5) is 0 Å². The predicted octanol–water partition coefficient (Wildman–Crippen LogP) is 13.5. The number of nitrogens with zero attached hydrogens (tertiary/aromatic N) is 8. The number of fused-ring (bicyclic) bond motifs is 14. The van der Waals surface area contributed by atoms with Crippen LogP contribution in [0.3, 0.4) is 0 Å². The Hall–Kier alpha value is -9.40. The highest BCUT2D eigenvalue weighted by Gasteiger charge is 2.52. The summed E-state index contributed by atoms with van der Waals surface area (Å²) in [6, 6.07) is 64.3. The summed E-state index contributed by atoms with van der Waals surface area (Å²) in [5.41, 5.74) is 18.7. The van der Waals surface area contributed by atoms with Gasteiger partial charge in [0.25, 0.3) is 0 Å². The summed E-state index contributed by atoms with van der Waals surface area (Å²) in [5.74, 6) is 1.39. The molecule has 0 amide bonds. The molecule has 0 N–H and O–H groups in total. The Labute approximate surface area is 396 Å². The number of hydrogen-bond donors (Lipinski definition) is 0. The molecule has 1 spiro atoms. The fourth-order valence-corrected chi connectivity index (χ4v) is 10.8. The maximum absolute atomic E-state index is 5.42. The maximum Gasteiger partial charge on any atom is 0.182 e. The first-order chi connectivity index (χ1) is 34.2. The summed E-state index contributed by atoms with van der Waals surface area (Å²) < 4.78 is 0. The Morgan fingerprint density at radius 1 is 0.319 bits per heavy atom. The molecular weight excluding hydrogens is 845 g/mol. The molecule has 69 heavy (non-hydrogen) atoms. The van der Waals surface area contributed by atoms with E-state index in [2.05, 4.69) is 143 Å². The van der Waals surface area contributed by atoms with Gasteiger partial charge < -0.3 is 0 Å². The summed E-state index contributed by atoms with van der Waals surface area (Å²) in [5, 5.41) is 3.43. The summed E-state index contributed by atoms with van der Waals surface area (Å²) in [4.78, 5) is 38.7. The molecule has 320 valence electrons. The van der Waals surface area contributed by atoms with E-state index < -0.39 is 5.41 Å². The topological polar surface area (TPSA) is 103 Å². The molecule has 2 aliphatic rings. The second-order valence-corrected chi connectivity index (χ2v) is 17.5. The van der Waals surface area contributed by atoms with Crippen LogP contribution in [-0.2, 0) is 5.41 Å². The standard InChI is InChI=1S/C61H36N8/c1-5-17-48-43(13-1)44-14-2-6-18-49(44)61(48)50-19-7-3-15-45(50)56-51(61)28-27-47-55(56)46-16-4-8-20-52(46)66-57(47)37-21-23-38(24-22-37)58-67-59(53-29-25-41(35-64-53)39-11-9-31-62-33-39)69-60(68-58)54-30-26-42(36-65-54)40-12-10-32-63-34-40/h1-36H. The number of aromatic nitrogens is 8. The van der Waals surface area contributed by atoms with Crippen molar-refractivity contribution in [1.82, 2.24) is 39.9 Å². The van der Waals surface area contributed by atoms with Crippen molar-refractivity contribution < 1.29 is 0 Å². The van der Waals surface area contributed by atoms with E-state index in [1.54, 1.807) is 12.4 Å². The van der Waals surface area contributed by atoms with Crippen LogP contribution < -0.4 is 0 Å². The zero-order chi connectivity index (χ0) is 45.5. The van der Waals surface area contributed by atoms with E-state index in [9.17, 15) is 0 Å². The van der Waals surface area contributed by atoms with Crippen molar-refractivity contribution in [3.63, 3.8) is 0 Å². The second-order valence-electron chi connectivity index (χ2n) is 17.5. The molecule has 8 heteroatoms. The highest BCUT2D eigenvalue weighted by Crippen LogP contribution is 2.64. The third kappa shape index (κ3) is 5.95. The van der Waals surface area contributed by atoms with Crippen molar-refractivity contribution >= 4 is 21.7 Å². The fourth-order valence-electron chi connectivity index (χ4n) is 10.8. The predicted molar refractivity (Wildman–Crippen MR) is 273 cm³/mol. The van der Waals surface area contributed by atoms with Crippen LogP contribution >= 0.6 is 0 Å². The molecule has 6 heterocycles. The minimum atomic E-state index is -0.449. The molecule has 0 radical (unpaired) electrons. The van der Waals surface area contributed by atoms with E-state index in [0.717, 1.165) is 55.4 Å². The first-order valence-electron chi connectivity index (χ1n) is 23.0. The monoisotopic (exact) mass is 880 g/mol. The molecule has 0 bridgehead atoms. The Morgan fingerprint density at radius 2 is 0.826 bits per heavy atom. The van der Waals surface area contributed by atoms with Crippen molar-refractivity contribution in [2.45, 2.75) is 5.41 Å². The van der Waals surface area contributed by atoms with Gasteiger partial charge in [0.15, 0.2) is 17.5 Å². The Morgan fingerprint density at radius 3 is 1.41 bits per heavy atom. The van der Waals surface area contributed by atoms with Gasteiger partial charge in [-0.2, -0.15) is 0 Å². The molecule has 8 nitrogen and oxygen atoms in total. The quantitative estimate of drug-likeness (QED) is 0.152. The largest absolute Gasteiger partial charge is 0.264 e. The van der Waals surface area contributed by atoms with E-state index in [4.69, 9.17) is 29.9 Å². The molecule has 0 fully saturated rings. The number of hydrogen-bond acceptors (Lipinski definition) is 8. The van der Waals surface area contributed by atoms with E-state index >= 15 is 0 Å². The van der Waals surface area contributed by atoms with Crippen LogP contribution in [0.15, 0.2) is 219 Å². The van der Waals surface area contributed by atoms with Gasteiger partial charge in [-0.05, 0) is 74.8 Å². The van der Waals surface area contributed by atoms with Crippen molar-refractivity contribution in [3.05, 3.63) is 241 Å². The molecule has 6 aromatic heterocycles. The van der Waals surface area contributed by atoms with Gasteiger partial charge in [0.1, 0.15) is 11.4 Å². The van der Waals surface area contributed by atoms with Crippen molar-refractivity contribution in [3.8, 4) is 90.2 Å². The van der Waals surface area contributed by atoms with Crippen LogP contribution in [-0.4, -0.2) is 39.9 Å². The van der Waals surface area contributed by atoms with E-state index in [1.807, 2.05) is 73.3 Å². The fraction of sp³-hybridized carbons (Fsp3) is 0.0164. The van der Waals surface area contributed by atoms with Gasteiger partial charge in [0, 0.05) is 86.7 Å². The maximum atomic E-state index is 5.42. The Bertz CT molecular complexity index is 3840. The first-order valence-corrected chi connectivity index (χ1v) is 23.0. The molecule has 12 aromatic rings. The van der Waals surface area contributed by atoms with Gasteiger partial charge in [0.05, 0.1) is 16.6 Å². The third-order valence-electron chi connectivity index (χ3n) is 13.8. The lowest BCUT2D eigenvalue weighted by atomic mass is 9.70. The van der Waals surface area contributed by atoms with Crippen LogP contribution in [0.5, 0.6) is 0 Å². The van der Waals surface area contributed by atoms with Gasteiger partial charge in [-0.3, -0.25) is 19.9 Å². The second kappa shape index (κ2) is 15.3. The first kappa shape index (κ1) is 38.8. The summed E-state index contributed by atoms with van der Waals surface area (Å²) in [6.07, 6.45) is 10.8. The van der Waals surface area contributed by atoms with Gasteiger partial charge in [0.2, 0.25) is 0 Å². The SMILES string of the molecule is c1cncc(-c2ccc(-c3nc(-c4ccc(-c5nc6ccccc6c6c7c(ccc56)C5(c6ccccc6-c6ccccc65)c5ccccc5-7)cc4)nc(-c4ccc(-c5cccnc5)cn4)n3)nc2)c1. The van der Waals surface area contributed by atoms with Crippen molar-refractivity contribution in [2.24, 2.45) is 0 Å². The normalized spacial score (nSPS) is 12.8. The average molecular weight is 881 g/mol. The van der Waals surface area contributed by atoms with E-state index in [1.165, 1.54) is 49.9 Å².